The number of β-amino-alcohol motifs (C(OH)–C–C–N with tert-alkyl or cyclic N) is 1. The Morgan fingerprint density at radius 1 is 1.30 bits per heavy atom. The summed E-state index contributed by atoms with van der Waals surface area (Å²) in [6.07, 6.45) is 3.74. The molecule has 2 aromatic heterocycles. The molecule has 0 aromatic carbocycles. The second-order valence-electron chi connectivity index (χ2n) is 5.29. The summed E-state index contributed by atoms with van der Waals surface area (Å²) in [6, 6.07) is 7.27. The molecule has 2 aromatic rings. The Bertz CT molecular complexity index is 645. The molecular formula is C15H19N3O2. The Labute approximate surface area is 117 Å². The first-order valence-electron chi connectivity index (χ1n) is 7.09. The lowest BCUT2D eigenvalue weighted by Gasteiger charge is -2.31. The molecule has 0 aliphatic carbocycles. The maximum atomic E-state index is 12.1. The fraction of sp³-hybridized carbons (Fsp3) is 0.467. The van der Waals surface area contributed by atoms with Crippen LogP contribution in [0.2, 0.25) is 0 Å². The summed E-state index contributed by atoms with van der Waals surface area (Å²) < 4.78 is 1.57. The molecule has 106 valence electrons. The van der Waals surface area contributed by atoms with E-state index >= 15 is 0 Å². The number of aliphatic hydroxyl groups excluding tert-OH is 1. The van der Waals surface area contributed by atoms with E-state index in [0.29, 0.717) is 11.6 Å². The van der Waals surface area contributed by atoms with Crippen LogP contribution < -0.4 is 5.56 Å². The second-order valence-corrected chi connectivity index (χ2v) is 5.29. The highest BCUT2D eigenvalue weighted by atomic mass is 16.3. The van der Waals surface area contributed by atoms with Gasteiger partial charge in [0.05, 0.1) is 12.3 Å². The fourth-order valence-electron chi connectivity index (χ4n) is 2.88. The molecule has 1 fully saturated rings. The number of fused-ring (bicyclic) bond motifs is 1. The molecule has 3 rings (SSSR count). The quantitative estimate of drug-likeness (QED) is 0.901. The minimum Gasteiger partial charge on any atom is -0.395 e. The maximum Gasteiger partial charge on any atom is 0.258 e. The third-order valence-corrected chi connectivity index (χ3v) is 4.01. The molecule has 20 heavy (non-hydrogen) atoms. The number of aliphatic hydroxyl groups is 1. The van der Waals surface area contributed by atoms with Crippen LogP contribution in [0.5, 0.6) is 0 Å². The minimum atomic E-state index is -0.0108. The van der Waals surface area contributed by atoms with Crippen molar-refractivity contribution in [1.82, 2.24) is 14.3 Å². The number of pyridine rings is 1. The molecule has 1 aliphatic heterocycles. The summed E-state index contributed by atoms with van der Waals surface area (Å²) in [5.41, 5.74) is 1.61. The molecule has 5 heteroatoms. The van der Waals surface area contributed by atoms with Crippen LogP contribution in [-0.2, 0) is 0 Å². The molecule has 3 heterocycles. The van der Waals surface area contributed by atoms with Crippen LogP contribution in [0.25, 0.3) is 5.65 Å². The summed E-state index contributed by atoms with van der Waals surface area (Å²) in [5.74, 6) is 0.350. The first-order valence-corrected chi connectivity index (χ1v) is 7.09. The smallest absolute Gasteiger partial charge is 0.258 e. The second kappa shape index (κ2) is 5.73. The predicted molar refractivity (Wildman–Crippen MR) is 77.0 cm³/mol. The van der Waals surface area contributed by atoms with Gasteiger partial charge in [0.15, 0.2) is 0 Å². The highest BCUT2D eigenvalue weighted by Gasteiger charge is 2.21. The standard InChI is InChI=1S/C15H19N3O2/c19-10-9-17-7-4-12(5-8-17)13-11-15(20)18-6-2-1-3-14(18)16-13/h1-3,6,11-12,19H,4-5,7-10H2. The Balaban J connectivity index is 1.83. The van der Waals surface area contributed by atoms with Gasteiger partial charge in [-0.25, -0.2) is 4.98 Å². The van der Waals surface area contributed by atoms with Crippen LogP contribution in [0.3, 0.4) is 0 Å². The van der Waals surface area contributed by atoms with Crippen LogP contribution in [0, 0.1) is 0 Å². The summed E-state index contributed by atoms with van der Waals surface area (Å²) >= 11 is 0. The summed E-state index contributed by atoms with van der Waals surface area (Å²) in [7, 11) is 0. The molecule has 1 aliphatic rings. The molecule has 0 radical (unpaired) electrons. The van der Waals surface area contributed by atoms with Crippen molar-refractivity contribution in [3.63, 3.8) is 0 Å². The highest BCUT2D eigenvalue weighted by Crippen LogP contribution is 2.25. The topological polar surface area (TPSA) is 57.8 Å². The Morgan fingerprint density at radius 2 is 2.10 bits per heavy atom. The first kappa shape index (κ1) is 13.3. The van der Waals surface area contributed by atoms with E-state index in [0.717, 1.165) is 38.2 Å². The van der Waals surface area contributed by atoms with Crippen molar-refractivity contribution < 1.29 is 5.11 Å². The Morgan fingerprint density at radius 3 is 2.85 bits per heavy atom. The number of likely N-dealkylation sites (tertiary alicyclic amines) is 1. The normalized spacial score (nSPS) is 17.6. The van der Waals surface area contributed by atoms with Crippen LogP contribution in [-0.4, -0.2) is 45.6 Å². The number of rotatable bonds is 3. The van der Waals surface area contributed by atoms with Gasteiger partial charge in [0.25, 0.3) is 5.56 Å². The van der Waals surface area contributed by atoms with E-state index in [9.17, 15) is 4.79 Å². The molecule has 5 nitrogen and oxygen atoms in total. The van der Waals surface area contributed by atoms with Gasteiger partial charge in [-0.1, -0.05) is 6.07 Å². The molecule has 0 amide bonds. The van der Waals surface area contributed by atoms with E-state index in [2.05, 4.69) is 9.88 Å². The Kier molecular flexibility index (Phi) is 3.80. The molecule has 0 unspecified atom stereocenters. The monoisotopic (exact) mass is 273 g/mol. The highest BCUT2D eigenvalue weighted by molar-refractivity contribution is 5.38. The van der Waals surface area contributed by atoms with Crippen LogP contribution >= 0.6 is 0 Å². The van der Waals surface area contributed by atoms with E-state index in [1.54, 1.807) is 16.7 Å². The van der Waals surface area contributed by atoms with Crippen molar-refractivity contribution in [1.29, 1.82) is 0 Å². The molecule has 0 atom stereocenters. The van der Waals surface area contributed by atoms with Crippen molar-refractivity contribution in [2.45, 2.75) is 18.8 Å². The van der Waals surface area contributed by atoms with Crippen LogP contribution in [0.4, 0.5) is 0 Å². The molecule has 0 saturated carbocycles. The van der Waals surface area contributed by atoms with Crippen molar-refractivity contribution in [3.05, 3.63) is 46.5 Å². The van der Waals surface area contributed by atoms with Gasteiger partial charge in [0.2, 0.25) is 0 Å². The zero-order valence-electron chi connectivity index (χ0n) is 11.4. The Hall–Kier alpha value is -1.72. The van der Waals surface area contributed by atoms with E-state index in [-0.39, 0.29) is 12.2 Å². The van der Waals surface area contributed by atoms with Crippen LogP contribution in [0.15, 0.2) is 35.3 Å². The SMILES string of the molecule is O=c1cc(C2CCN(CCO)CC2)nc2ccccn12. The van der Waals surface area contributed by atoms with Gasteiger partial charge in [-0.15, -0.1) is 0 Å². The lowest BCUT2D eigenvalue weighted by molar-refractivity contribution is 0.163. The van der Waals surface area contributed by atoms with E-state index in [1.807, 2.05) is 18.2 Å². The van der Waals surface area contributed by atoms with Gasteiger partial charge in [-0.2, -0.15) is 0 Å². The van der Waals surface area contributed by atoms with Gasteiger partial charge in [0, 0.05) is 24.7 Å². The van der Waals surface area contributed by atoms with Gasteiger partial charge in [-0.3, -0.25) is 9.20 Å². The molecule has 1 saturated heterocycles. The van der Waals surface area contributed by atoms with Gasteiger partial charge in [0.1, 0.15) is 5.65 Å². The molecule has 0 spiro atoms. The van der Waals surface area contributed by atoms with Crippen molar-refractivity contribution in [3.8, 4) is 0 Å². The number of hydrogen-bond acceptors (Lipinski definition) is 4. The van der Waals surface area contributed by atoms with Gasteiger partial charge < -0.3 is 10.0 Å². The third-order valence-electron chi connectivity index (χ3n) is 4.01. The number of nitrogens with zero attached hydrogens (tertiary/aromatic N) is 3. The molecule has 1 N–H and O–H groups in total. The lowest BCUT2D eigenvalue weighted by atomic mass is 9.93. The summed E-state index contributed by atoms with van der Waals surface area (Å²) in [6.45, 7) is 2.86. The fourth-order valence-corrected chi connectivity index (χ4v) is 2.88. The minimum absolute atomic E-state index is 0.0108. The zero-order valence-corrected chi connectivity index (χ0v) is 11.4. The summed E-state index contributed by atoms with van der Waals surface area (Å²) in [5, 5.41) is 8.96. The van der Waals surface area contributed by atoms with Gasteiger partial charge >= 0.3 is 0 Å². The summed E-state index contributed by atoms with van der Waals surface area (Å²) in [4.78, 5) is 19.0. The van der Waals surface area contributed by atoms with Gasteiger partial charge in [-0.05, 0) is 38.1 Å². The average Bonchev–Trinajstić information content (AvgIpc) is 2.48. The van der Waals surface area contributed by atoms with E-state index < -0.39 is 0 Å². The number of hydrogen-bond donors (Lipinski definition) is 1. The average molecular weight is 273 g/mol. The molecular weight excluding hydrogens is 254 g/mol. The third kappa shape index (κ3) is 2.59. The maximum absolute atomic E-state index is 12.1. The lowest BCUT2D eigenvalue weighted by Crippen LogP contribution is -2.35. The molecule has 0 bridgehead atoms. The van der Waals surface area contributed by atoms with E-state index in [4.69, 9.17) is 5.11 Å². The van der Waals surface area contributed by atoms with Crippen LogP contribution in [0.1, 0.15) is 24.5 Å². The predicted octanol–water partition coefficient (Wildman–Crippen LogP) is 0.866. The van der Waals surface area contributed by atoms with Crippen molar-refractivity contribution in [2.75, 3.05) is 26.2 Å². The number of piperidine rings is 1. The van der Waals surface area contributed by atoms with E-state index in [1.165, 1.54) is 0 Å². The number of aromatic nitrogens is 2. The first-order chi connectivity index (χ1) is 9.78. The zero-order chi connectivity index (χ0) is 13.9. The van der Waals surface area contributed by atoms with Crippen molar-refractivity contribution in [2.24, 2.45) is 0 Å². The van der Waals surface area contributed by atoms with Crippen molar-refractivity contribution >= 4 is 5.65 Å². The largest absolute Gasteiger partial charge is 0.395 e.